The Morgan fingerprint density at radius 3 is 2.00 bits per heavy atom. The normalized spacial score (nSPS) is 15.8. The molecule has 0 bridgehead atoms. The van der Waals surface area contributed by atoms with E-state index >= 15 is 0 Å². The van der Waals surface area contributed by atoms with Gasteiger partial charge in [0, 0.05) is 0 Å². The molecule has 0 radical (unpaired) electrons. The van der Waals surface area contributed by atoms with E-state index in [2.05, 4.69) is 30.2 Å². The summed E-state index contributed by atoms with van der Waals surface area (Å²) in [6, 6.07) is 29.6. The number of carbonyl (C=O) groups excluding carboxylic acids is 2. The molecule has 0 aliphatic carbocycles. The Bertz CT molecular complexity index is 1030. The van der Waals surface area contributed by atoms with Gasteiger partial charge in [0.25, 0.3) is 5.91 Å². The number of carbonyl (C=O) groups is 2. The standard InChI is InChI=1S/C26H27N3O2S/c30-24-19-28(26(31)29(24)25(32)17-16-20-10-4-1-5-11-20)27-23(22-14-8-3-9-15-22)18-21-12-6-2-7-13-21/h1-15,23,25,27,32H,16-19H2. The number of rotatable bonds is 9. The topological polar surface area (TPSA) is 52.7 Å². The summed E-state index contributed by atoms with van der Waals surface area (Å²) in [4.78, 5) is 27.1. The maximum atomic E-state index is 13.1. The molecule has 1 aliphatic heterocycles. The van der Waals surface area contributed by atoms with E-state index < -0.39 is 5.37 Å². The van der Waals surface area contributed by atoms with E-state index in [9.17, 15) is 9.59 Å². The maximum Gasteiger partial charge on any atom is 0.342 e. The van der Waals surface area contributed by atoms with Gasteiger partial charge in [-0.15, -0.1) is 0 Å². The Labute approximate surface area is 194 Å². The van der Waals surface area contributed by atoms with Crippen molar-refractivity contribution in [1.29, 1.82) is 0 Å². The monoisotopic (exact) mass is 445 g/mol. The first-order valence-corrected chi connectivity index (χ1v) is 11.3. The van der Waals surface area contributed by atoms with Crippen LogP contribution in [0.4, 0.5) is 4.79 Å². The third-order valence-electron chi connectivity index (χ3n) is 5.63. The van der Waals surface area contributed by atoms with Crippen molar-refractivity contribution in [2.75, 3.05) is 6.54 Å². The van der Waals surface area contributed by atoms with E-state index in [1.165, 1.54) is 9.91 Å². The molecule has 3 aromatic carbocycles. The summed E-state index contributed by atoms with van der Waals surface area (Å²) >= 11 is 4.59. The van der Waals surface area contributed by atoms with Crippen LogP contribution in [0.2, 0.25) is 0 Å². The van der Waals surface area contributed by atoms with E-state index in [0.717, 1.165) is 23.1 Å². The number of urea groups is 1. The quantitative estimate of drug-likeness (QED) is 0.373. The van der Waals surface area contributed by atoms with Gasteiger partial charge in [0.15, 0.2) is 0 Å². The van der Waals surface area contributed by atoms with Crippen molar-refractivity contribution in [3.63, 3.8) is 0 Å². The van der Waals surface area contributed by atoms with Crippen molar-refractivity contribution in [1.82, 2.24) is 15.3 Å². The minimum absolute atomic E-state index is 0.000641. The van der Waals surface area contributed by atoms with E-state index in [1.54, 1.807) is 0 Å². The molecule has 0 spiro atoms. The van der Waals surface area contributed by atoms with Gasteiger partial charge in [-0.1, -0.05) is 91.0 Å². The molecule has 0 aromatic heterocycles. The van der Waals surface area contributed by atoms with Gasteiger partial charge < -0.3 is 0 Å². The van der Waals surface area contributed by atoms with Crippen molar-refractivity contribution in [2.45, 2.75) is 30.7 Å². The molecule has 1 aliphatic rings. The Balaban J connectivity index is 1.45. The van der Waals surface area contributed by atoms with Crippen LogP contribution in [0.5, 0.6) is 0 Å². The van der Waals surface area contributed by atoms with Crippen molar-refractivity contribution < 1.29 is 9.59 Å². The fraction of sp³-hybridized carbons (Fsp3) is 0.231. The van der Waals surface area contributed by atoms with Crippen LogP contribution in [0.3, 0.4) is 0 Å². The van der Waals surface area contributed by atoms with Crippen LogP contribution < -0.4 is 5.43 Å². The molecule has 3 aromatic rings. The first kappa shape index (κ1) is 22.1. The minimum Gasteiger partial charge on any atom is -0.272 e. The first-order valence-electron chi connectivity index (χ1n) is 10.8. The number of hydrazine groups is 1. The highest BCUT2D eigenvalue weighted by molar-refractivity contribution is 7.80. The molecular weight excluding hydrogens is 418 g/mol. The number of nitrogens with one attached hydrogen (secondary N) is 1. The van der Waals surface area contributed by atoms with Crippen LogP contribution in [-0.2, 0) is 17.6 Å². The fourth-order valence-electron chi connectivity index (χ4n) is 3.94. The van der Waals surface area contributed by atoms with Gasteiger partial charge >= 0.3 is 6.03 Å². The largest absolute Gasteiger partial charge is 0.342 e. The molecule has 3 amide bonds. The van der Waals surface area contributed by atoms with Crippen LogP contribution in [0.15, 0.2) is 91.0 Å². The van der Waals surface area contributed by atoms with Gasteiger partial charge in [0.05, 0.1) is 11.4 Å². The SMILES string of the molecule is O=C1CN(NC(Cc2ccccc2)c2ccccc2)C(=O)N1C(S)CCc1ccccc1. The Hall–Kier alpha value is -3.09. The minimum atomic E-state index is -0.466. The zero-order valence-electron chi connectivity index (χ0n) is 17.8. The highest BCUT2D eigenvalue weighted by atomic mass is 32.1. The maximum absolute atomic E-state index is 13.1. The number of imide groups is 1. The molecule has 1 saturated heterocycles. The van der Waals surface area contributed by atoms with Crippen LogP contribution >= 0.6 is 12.6 Å². The summed E-state index contributed by atoms with van der Waals surface area (Å²) in [5.41, 5.74) is 6.68. The summed E-state index contributed by atoms with van der Waals surface area (Å²) in [7, 11) is 0. The zero-order chi connectivity index (χ0) is 22.3. The summed E-state index contributed by atoms with van der Waals surface area (Å²) in [6.07, 6.45) is 2.05. The lowest BCUT2D eigenvalue weighted by Gasteiger charge is -2.27. The molecule has 4 rings (SSSR count). The van der Waals surface area contributed by atoms with E-state index in [4.69, 9.17) is 0 Å². The predicted octanol–water partition coefficient (Wildman–Crippen LogP) is 4.63. The van der Waals surface area contributed by atoms with E-state index in [1.807, 2.05) is 78.9 Å². The Morgan fingerprint density at radius 1 is 0.812 bits per heavy atom. The van der Waals surface area contributed by atoms with Crippen molar-refractivity contribution in [3.8, 4) is 0 Å². The van der Waals surface area contributed by atoms with Crippen molar-refractivity contribution in [2.24, 2.45) is 0 Å². The lowest BCUT2D eigenvalue weighted by Crippen LogP contribution is -2.45. The molecule has 6 heteroatoms. The molecule has 2 atom stereocenters. The number of hydrogen-bond acceptors (Lipinski definition) is 4. The average molecular weight is 446 g/mol. The number of benzene rings is 3. The first-order chi connectivity index (χ1) is 15.6. The second-order valence-electron chi connectivity index (χ2n) is 7.92. The molecule has 1 heterocycles. The van der Waals surface area contributed by atoms with E-state index in [-0.39, 0.29) is 24.5 Å². The van der Waals surface area contributed by atoms with Crippen molar-refractivity contribution in [3.05, 3.63) is 108 Å². The van der Waals surface area contributed by atoms with E-state index in [0.29, 0.717) is 12.8 Å². The second-order valence-corrected chi connectivity index (χ2v) is 8.52. The van der Waals surface area contributed by atoms with Crippen LogP contribution in [-0.4, -0.2) is 33.8 Å². The van der Waals surface area contributed by atoms with Gasteiger partial charge in [-0.05, 0) is 36.0 Å². The second kappa shape index (κ2) is 10.5. The third kappa shape index (κ3) is 5.39. The lowest BCUT2D eigenvalue weighted by atomic mass is 9.99. The molecule has 1 N–H and O–H groups in total. The number of nitrogens with zero attached hydrogens (tertiary/aromatic N) is 2. The highest BCUT2D eigenvalue weighted by Gasteiger charge is 2.40. The van der Waals surface area contributed by atoms with Crippen LogP contribution in [0, 0.1) is 0 Å². The molecule has 5 nitrogen and oxygen atoms in total. The lowest BCUT2D eigenvalue weighted by molar-refractivity contribution is -0.125. The predicted molar refractivity (Wildman–Crippen MR) is 129 cm³/mol. The fourth-order valence-corrected chi connectivity index (χ4v) is 4.30. The molecule has 2 unspecified atom stereocenters. The summed E-state index contributed by atoms with van der Waals surface area (Å²) in [5, 5.41) is 0.959. The smallest absolute Gasteiger partial charge is 0.272 e. The highest BCUT2D eigenvalue weighted by Crippen LogP contribution is 2.23. The number of thiol groups is 1. The number of aryl methyl sites for hydroxylation is 1. The van der Waals surface area contributed by atoms with Gasteiger partial charge in [-0.2, -0.15) is 12.6 Å². The Kier molecular flexibility index (Phi) is 7.24. The number of amides is 3. The third-order valence-corrected chi connectivity index (χ3v) is 6.12. The van der Waals surface area contributed by atoms with Crippen LogP contribution in [0.25, 0.3) is 0 Å². The average Bonchev–Trinajstić information content (AvgIpc) is 3.11. The van der Waals surface area contributed by atoms with Crippen LogP contribution in [0.1, 0.15) is 29.2 Å². The summed E-state index contributed by atoms with van der Waals surface area (Å²) in [6.45, 7) is -0.000641. The molecule has 32 heavy (non-hydrogen) atoms. The Morgan fingerprint density at radius 2 is 1.38 bits per heavy atom. The molecule has 164 valence electrons. The van der Waals surface area contributed by atoms with Gasteiger partial charge in [0.2, 0.25) is 0 Å². The summed E-state index contributed by atoms with van der Waals surface area (Å²) < 4.78 is 0. The summed E-state index contributed by atoms with van der Waals surface area (Å²) in [5.74, 6) is -0.234. The van der Waals surface area contributed by atoms with Gasteiger partial charge in [-0.3, -0.25) is 4.79 Å². The molecule has 0 saturated carbocycles. The van der Waals surface area contributed by atoms with Gasteiger partial charge in [0.1, 0.15) is 6.54 Å². The van der Waals surface area contributed by atoms with Gasteiger partial charge in [-0.25, -0.2) is 20.1 Å². The zero-order valence-corrected chi connectivity index (χ0v) is 18.7. The molecular formula is C26H27N3O2S. The molecule has 1 fully saturated rings. The van der Waals surface area contributed by atoms with Crippen molar-refractivity contribution >= 4 is 24.6 Å². The number of hydrogen-bond donors (Lipinski definition) is 2.